The van der Waals surface area contributed by atoms with Crippen LogP contribution in [-0.4, -0.2) is 47.3 Å². The number of nitrogens with one attached hydrogen (secondary N) is 1. The first-order chi connectivity index (χ1) is 14.7. The Kier molecular flexibility index (Phi) is 5.30. The lowest BCUT2D eigenvalue weighted by atomic mass is 9.87. The minimum atomic E-state index is 0.166. The molecule has 2 aromatic carbocycles. The van der Waals surface area contributed by atoms with Gasteiger partial charge in [0, 0.05) is 44.2 Å². The molecule has 2 saturated heterocycles. The van der Waals surface area contributed by atoms with Crippen LogP contribution in [0.2, 0.25) is 0 Å². The zero-order valence-corrected chi connectivity index (χ0v) is 17.3. The van der Waals surface area contributed by atoms with Crippen molar-refractivity contribution < 1.29 is 9.59 Å². The summed E-state index contributed by atoms with van der Waals surface area (Å²) in [5, 5.41) is 3.41. The minimum absolute atomic E-state index is 0.166. The quantitative estimate of drug-likeness (QED) is 0.852. The maximum absolute atomic E-state index is 12.9. The average Bonchev–Trinajstić information content (AvgIpc) is 3.12. The molecule has 2 fully saturated rings. The fourth-order valence-electron chi connectivity index (χ4n) is 5.15. The van der Waals surface area contributed by atoms with Gasteiger partial charge in [0.05, 0.1) is 0 Å². The number of benzene rings is 2. The summed E-state index contributed by atoms with van der Waals surface area (Å²) in [4.78, 5) is 29.7. The third kappa shape index (κ3) is 3.74. The van der Waals surface area contributed by atoms with E-state index in [4.69, 9.17) is 0 Å². The second-order valence-corrected chi connectivity index (χ2v) is 8.84. The Morgan fingerprint density at radius 2 is 1.90 bits per heavy atom. The number of carbonyl (C=O) groups excluding carboxylic acids is 2. The molecule has 3 aliphatic heterocycles. The van der Waals surface area contributed by atoms with Crippen molar-refractivity contribution in [3.05, 3.63) is 70.8 Å². The van der Waals surface area contributed by atoms with Crippen LogP contribution in [0.25, 0.3) is 0 Å². The van der Waals surface area contributed by atoms with Crippen LogP contribution in [0.15, 0.2) is 48.5 Å². The first-order valence-electron chi connectivity index (χ1n) is 11.2. The molecule has 0 bridgehead atoms. The molecule has 2 amide bonds. The van der Waals surface area contributed by atoms with Gasteiger partial charge in [0.15, 0.2) is 0 Å². The van der Waals surface area contributed by atoms with E-state index in [0.717, 1.165) is 50.0 Å². The number of piperidine rings is 2. The molecule has 3 heterocycles. The number of rotatable bonds is 4. The topological polar surface area (TPSA) is 52.7 Å². The van der Waals surface area contributed by atoms with Crippen LogP contribution in [0.5, 0.6) is 0 Å². The first-order valence-corrected chi connectivity index (χ1v) is 11.2. The monoisotopic (exact) mass is 403 g/mol. The van der Waals surface area contributed by atoms with Crippen molar-refractivity contribution in [2.45, 2.75) is 50.7 Å². The summed E-state index contributed by atoms with van der Waals surface area (Å²) in [6.07, 6.45) is 3.73. The van der Waals surface area contributed by atoms with E-state index in [1.54, 1.807) is 0 Å². The Morgan fingerprint density at radius 1 is 1.03 bits per heavy atom. The van der Waals surface area contributed by atoms with E-state index in [2.05, 4.69) is 29.6 Å². The first kappa shape index (κ1) is 19.3. The molecular weight excluding hydrogens is 374 g/mol. The standard InChI is InChI=1S/C25H29N3O2/c29-24-14-20(10-12-27(24)16-18-5-2-1-3-6-18)19-8-9-23-21(13-19)17-28(25(23)30)22-7-4-11-26-15-22/h1-3,5-6,8-9,13,20,22,26H,4,7,10-12,14-17H2. The van der Waals surface area contributed by atoms with E-state index in [0.29, 0.717) is 25.6 Å². The van der Waals surface area contributed by atoms with Crippen molar-refractivity contribution in [3.8, 4) is 0 Å². The predicted octanol–water partition coefficient (Wildman–Crippen LogP) is 3.30. The van der Waals surface area contributed by atoms with Crippen molar-refractivity contribution in [3.63, 3.8) is 0 Å². The smallest absolute Gasteiger partial charge is 0.254 e. The Balaban J connectivity index is 1.26. The van der Waals surface area contributed by atoms with Crippen LogP contribution in [-0.2, 0) is 17.9 Å². The van der Waals surface area contributed by atoms with Crippen molar-refractivity contribution in [1.29, 1.82) is 0 Å². The molecule has 156 valence electrons. The number of nitrogens with zero attached hydrogens (tertiary/aromatic N) is 2. The fraction of sp³-hybridized carbons (Fsp3) is 0.440. The highest BCUT2D eigenvalue weighted by Crippen LogP contribution is 2.34. The lowest BCUT2D eigenvalue weighted by molar-refractivity contribution is -0.134. The summed E-state index contributed by atoms with van der Waals surface area (Å²) in [5.41, 5.74) is 4.36. The van der Waals surface area contributed by atoms with Crippen molar-refractivity contribution in [1.82, 2.24) is 15.1 Å². The predicted molar refractivity (Wildman–Crippen MR) is 116 cm³/mol. The van der Waals surface area contributed by atoms with Gasteiger partial charge in [-0.15, -0.1) is 0 Å². The van der Waals surface area contributed by atoms with Crippen molar-refractivity contribution in [2.24, 2.45) is 0 Å². The van der Waals surface area contributed by atoms with E-state index >= 15 is 0 Å². The number of amides is 2. The second kappa shape index (κ2) is 8.23. The molecule has 0 aliphatic carbocycles. The highest BCUT2D eigenvalue weighted by atomic mass is 16.2. The second-order valence-electron chi connectivity index (χ2n) is 8.84. The maximum Gasteiger partial charge on any atom is 0.254 e. The van der Waals surface area contributed by atoms with Gasteiger partial charge in [-0.2, -0.15) is 0 Å². The molecular formula is C25H29N3O2. The van der Waals surface area contributed by atoms with Gasteiger partial charge in [-0.1, -0.05) is 42.5 Å². The molecule has 0 aromatic heterocycles. The van der Waals surface area contributed by atoms with Gasteiger partial charge in [-0.25, -0.2) is 0 Å². The van der Waals surface area contributed by atoms with E-state index in [-0.39, 0.29) is 17.7 Å². The largest absolute Gasteiger partial charge is 0.338 e. The van der Waals surface area contributed by atoms with E-state index < -0.39 is 0 Å². The van der Waals surface area contributed by atoms with E-state index in [9.17, 15) is 9.59 Å². The van der Waals surface area contributed by atoms with Crippen LogP contribution in [0, 0.1) is 0 Å². The number of hydrogen-bond acceptors (Lipinski definition) is 3. The molecule has 30 heavy (non-hydrogen) atoms. The van der Waals surface area contributed by atoms with Crippen LogP contribution < -0.4 is 5.32 Å². The number of hydrogen-bond donors (Lipinski definition) is 1. The lowest BCUT2D eigenvalue weighted by Gasteiger charge is -2.32. The van der Waals surface area contributed by atoms with Gasteiger partial charge >= 0.3 is 0 Å². The average molecular weight is 404 g/mol. The Morgan fingerprint density at radius 3 is 2.67 bits per heavy atom. The molecule has 2 unspecified atom stereocenters. The summed E-state index contributed by atoms with van der Waals surface area (Å²) in [6.45, 7) is 4.12. The molecule has 1 N–H and O–H groups in total. The number of likely N-dealkylation sites (tertiary alicyclic amines) is 1. The van der Waals surface area contributed by atoms with Gasteiger partial charge in [0.2, 0.25) is 5.91 Å². The molecule has 0 radical (unpaired) electrons. The van der Waals surface area contributed by atoms with Gasteiger partial charge in [-0.05, 0) is 54.5 Å². The molecule has 0 spiro atoms. The van der Waals surface area contributed by atoms with E-state index in [1.165, 1.54) is 11.1 Å². The van der Waals surface area contributed by atoms with Crippen LogP contribution in [0.4, 0.5) is 0 Å². The van der Waals surface area contributed by atoms with Crippen LogP contribution in [0.3, 0.4) is 0 Å². The molecule has 5 rings (SSSR count). The van der Waals surface area contributed by atoms with Crippen molar-refractivity contribution in [2.75, 3.05) is 19.6 Å². The Labute approximate surface area is 178 Å². The van der Waals surface area contributed by atoms with Crippen molar-refractivity contribution >= 4 is 11.8 Å². The summed E-state index contributed by atoms with van der Waals surface area (Å²) >= 11 is 0. The molecule has 3 aliphatic rings. The van der Waals surface area contributed by atoms with Gasteiger partial charge < -0.3 is 15.1 Å². The highest BCUT2D eigenvalue weighted by molar-refractivity contribution is 5.98. The van der Waals surface area contributed by atoms with Gasteiger partial charge in [-0.3, -0.25) is 9.59 Å². The zero-order chi connectivity index (χ0) is 20.5. The Bertz CT molecular complexity index is 937. The maximum atomic E-state index is 12.9. The van der Waals surface area contributed by atoms with Crippen LogP contribution in [0.1, 0.15) is 58.6 Å². The number of carbonyl (C=O) groups is 2. The van der Waals surface area contributed by atoms with Gasteiger partial charge in [0.25, 0.3) is 5.91 Å². The third-order valence-corrected chi connectivity index (χ3v) is 6.88. The Hall–Kier alpha value is -2.66. The SMILES string of the molecule is O=C1CC(c2ccc3c(c2)CN(C2CCCNC2)C3=O)CCN1Cc1ccccc1. The summed E-state index contributed by atoms with van der Waals surface area (Å²) in [7, 11) is 0. The highest BCUT2D eigenvalue weighted by Gasteiger charge is 2.34. The lowest BCUT2D eigenvalue weighted by Crippen LogP contribution is -2.46. The van der Waals surface area contributed by atoms with E-state index in [1.807, 2.05) is 34.1 Å². The minimum Gasteiger partial charge on any atom is -0.338 e. The summed E-state index contributed by atoms with van der Waals surface area (Å²) in [6, 6.07) is 16.7. The number of fused-ring (bicyclic) bond motifs is 1. The fourth-order valence-corrected chi connectivity index (χ4v) is 5.15. The summed E-state index contributed by atoms with van der Waals surface area (Å²) < 4.78 is 0. The summed E-state index contributed by atoms with van der Waals surface area (Å²) in [5.74, 6) is 0.635. The normalized spacial score (nSPS) is 24.3. The zero-order valence-electron chi connectivity index (χ0n) is 17.3. The molecule has 5 heteroatoms. The molecule has 0 saturated carbocycles. The molecule has 2 atom stereocenters. The molecule has 2 aromatic rings. The van der Waals surface area contributed by atoms with Gasteiger partial charge in [0.1, 0.15) is 0 Å². The van der Waals surface area contributed by atoms with Crippen LogP contribution >= 0.6 is 0 Å². The molecule has 5 nitrogen and oxygen atoms in total. The third-order valence-electron chi connectivity index (χ3n) is 6.88.